The molecule has 0 radical (unpaired) electrons. The van der Waals surface area contributed by atoms with E-state index in [9.17, 15) is 18.0 Å². The third kappa shape index (κ3) is 1.90. The van der Waals surface area contributed by atoms with Crippen molar-refractivity contribution in [3.8, 4) is 5.75 Å². The van der Waals surface area contributed by atoms with E-state index in [1.165, 1.54) is 37.4 Å². The summed E-state index contributed by atoms with van der Waals surface area (Å²) < 4.78 is 30.3. The summed E-state index contributed by atoms with van der Waals surface area (Å²) in [5.41, 5.74) is -0.201. The van der Waals surface area contributed by atoms with Crippen LogP contribution in [0.2, 0.25) is 0 Å². The quantitative estimate of drug-likeness (QED) is 0.773. The van der Waals surface area contributed by atoms with Gasteiger partial charge in [0, 0.05) is 11.1 Å². The first-order valence-corrected chi connectivity index (χ1v) is 7.70. The molecule has 0 fully saturated rings. The van der Waals surface area contributed by atoms with E-state index in [0.717, 1.165) is 6.07 Å². The highest BCUT2D eigenvalue weighted by Gasteiger charge is 2.35. The maximum Gasteiger partial charge on any atom is 0.335 e. The van der Waals surface area contributed by atoms with Crippen LogP contribution < -0.4 is 4.74 Å². The van der Waals surface area contributed by atoms with Crippen molar-refractivity contribution in [1.29, 1.82) is 0 Å². The molecule has 0 saturated heterocycles. The Morgan fingerprint density at radius 2 is 1.77 bits per heavy atom. The molecule has 2 aromatic carbocycles. The normalized spacial score (nSPS) is 14.9. The molecule has 1 aliphatic heterocycles. The van der Waals surface area contributed by atoms with Crippen molar-refractivity contribution in [2.24, 2.45) is 0 Å². The van der Waals surface area contributed by atoms with Gasteiger partial charge in [-0.3, -0.25) is 4.79 Å². The number of benzene rings is 2. The average molecular weight is 318 g/mol. The zero-order chi connectivity index (χ0) is 16.1. The number of sulfone groups is 1. The van der Waals surface area contributed by atoms with Gasteiger partial charge < -0.3 is 9.84 Å². The van der Waals surface area contributed by atoms with E-state index in [-0.39, 0.29) is 26.5 Å². The lowest BCUT2D eigenvalue weighted by Gasteiger charge is -2.19. The number of carbonyl (C=O) groups excluding carboxylic acids is 1. The predicted molar refractivity (Wildman–Crippen MR) is 75.3 cm³/mol. The number of aromatic carboxylic acids is 1. The molecule has 0 amide bonds. The molecule has 0 atom stereocenters. The van der Waals surface area contributed by atoms with Crippen LogP contribution in [0.25, 0.3) is 0 Å². The van der Waals surface area contributed by atoms with Crippen LogP contribution in [0.3, 0.4) is 0 Å². The number of hydrogen-bond donors (Lipinski definition) is 1. The van der Waals surface area contributed by atoms with Gasteiger partial charge in [0.2, 0.25) is 9.84 Å². The summed E-state index contributed by atoms with van der Waals surface area (Å²) >= 11 is 0. The molecule has 112 valence electrons. The molecule has 7 heteroatoms. The van der Waals surface area contributed by atoms with Crippen LogP contribution >= 0.6 is 0 Å². The molecule has 1 aliphatic rings. The van der Waals surface area contributed by atoms with Crippen molar-refractivity contribution in [2.75, 3.05) is 7.11 Å². The van der Waals surface area contributed by atoms with Crippen LogP contribution in [0.15, 0.2) is 46.2 Å². The van der Waals surface area contributed by atoms with E-state index < -0.39 is 21.6 Å². The molecular formula is C15H10O6S. The van der Waals surface area contributed by atoms with Gasteiger partial charge in [-0.2, -0.15) is 0 Å². The van der Waals surface area contributed by atoms with E-state index >= 15 is 0 Å². The first kappa shape index (κ1) is 14.3. The maximum absolute atomic E-state index is 12.6. The van der Waals surface area contributed by atoms with Crippen molar-refractivity contribution >= 4 is 21.6 Å². The lowest BCUT2D eigenvalue weighted by atomic mass is 10.0. The molecule has 0 unspecified atom stereocenters. The molecule has 2 aromatic rings. The Morgan fingerprint density at radius 1 is 1.05 bits per heavy atom. The predicted octanol–water partition coefficient (Wildman–Crippen LogP) is 1.77. The topological polar surface area (TPSA) is 97.7 Å². The summed E-state index contributed by atoms with van der Waals surface area (Å²) in [5.74, 6) is -1.37. The minimum atomic E-state index is -3.96. The number of fused-ring (bicyclic) bond motifs is 2. The largest absolute Gasteiger partial charge is 0.497 e. The van der Waals surface area contributed by atoms with Crippen molar-refractivity contribution in [1.82, 2.24) is 0 Å². The molecule has 0 spiro atoms. The Kier molecular flexibility index (Phi) is 3.03. The van der Waals surface area contributed by atoms with Gasteiger partial charge in [-0.15, -0.1) is 0 Å². The van der Waals surface area contributed by atoms with Gasteiger partial charge >= 0.3 is 5.97 Å². The van der Waals surface area contributed by atoms with Crippen molar-refractivity contribution in [3.05, 3.63) is 53.1 Å². The van der Waals surface area contributed by atoms with Gasteiger partial charge in [0.05, 0.1) is 22.5 Å². The lowest BCUT2D eigenvalue weighted by Crippen LogP contribution is -2.21. The summed E-state index contributed by atoms with van der Waals surface area (Å²) in [5, 5.41) is 8.99. The Bertz CT molecular complexity index is 927. The highest BCUT2D eigenvalue weighted by atomic mass is 32.2. The number of methoxy groups -OCH3 is 1. The third-order valence-electron chi connectivity index (χ3n) is 3.48. The van der Waals surface area contributed by atoms with Crippen LogP contribution in [0.1, 0.15) is 26.3 Å². The fourth-order valence-electron chi connectivity index (χ4n) is 2.38. The molecule has 6 nitrogen and oxygen atoms in total. The summed E-state index contributed by atoms with van der Waals surface area (Å²) in [6.45, 7) is 0. The van der Waals surface area contributed by atoms with Crippen LogP contribution in [0.5, 0.6) is 5.75 Å². The fraction of sp³-hybridized carbons (Fsp3) is 0.0667. The average Bonchev–Trinajstić information content (AvgIpc) is 2.51. The summed E-state index contributed by atoms with van der Waals surface area (Å²) in [6, 6.07) is 7.54. The zero-order valence-electron chi connectivity index (χ0n) is 11.4. The van der Waals surface area contributed by atoms with Crippen LogP contribution in [0.4, 0.5) is 0 Å². The second-order valence-corrected chi connectivity index (χ2v) is 6.60. The van der Waals surface area contributed by atoms with Gasteiger partial charge in [0.1, 0.15) is 5.75 Å². The van der Waals surface area contributed by atoms with E-state index in [1.54, 1.807) is 0 Å². The molecule has 0 saturated carbocycles. The van der Waals surface area contributed by atoms with Gasteiger partial charge in [-0.05, 0) is 36.4 Å². The highest BCUT2D eigenvalue weighted by molar-refractivity contribution is 7.91. The van der Waals surface area contributed by atoms with Crippen LogP contribution in [-0.2, 0) is 9.84 Å². The molecular weight excluding hydrogens is 308 g/mol. The van der Waals surface area contributed by atoms with E-state index in [0.29, 0.717) is 5.75 Å². The Labute approximate surface area is 125 Å². The Morgan fingerprint density at radius 3 is 2.41 bits per heavy atom. The molecule has 1 N–H and O–H groups in total. The van der Waals surface area contributed by atoms with E-state index in [1.807, 2.05) is 0 Å². The smallest absolute Gasteiger partial charge is 0.335 e. The monoisotopic (exact) mass is 318 g/mol. The Balaban J connectivity index is 2.33. The third-order valence-corrected chi connectivity index (χ3v) is 5.34. The highest BCUT2D eigenvalue weighted by Crippen LogP contribution is 2.36. The molecule has 1 heterocycles. The standard InChI is InChI=1S/C15H10O6S/c1-21-9-3-5-12-11(7-9)14(16)10-4-2-8(15(17)18)6-13(10)22(12,19)20/h2-7H,1H3,(H,17,18). The number of carbonyl (C=O) groups is 2. The maximum atomic E-state index is 12.6. The minimum Gasteiger partial charge on any atom is -0.497 e. The summed E-state index contributed by atoms with van der Waals surface area (Å²) in [7, 11) is -2.54. The molecule has 0 aromatic heterocycles. The second kappa shape index (κ2) is 4.67. The van der Waals surface area contributed by atoms with E-state index in [2.05, 4.69) is 0 Å². The number of carboxylic acids is 1. The number of rotatable bonds is 2. The van der Waals surface area contributed by atoms with Crippen LogP contribution in [0, 0.1) is 0 Å². The number of ether oxygens (including phenoxy) is 1. The molecule has 3 rings (SSSR count). The second-order valence-electron chi connectivity index (χ2n) is 4.71. The summed E-state index contributed by atoms with van der Waals surface area (Å²) in [4.78, 5) is 23.1. The van der Waals surface area contributed by atoms with Gasteiger partial charge in [0.25, 0.3) is 0 Å². The van der Waals surface area contributed by atoms with Crippen molar-refractivity contribution in [2.45, 2.75) is 9.79 Å². The SMILES string of the molecule is COc1ccc2c(c1)C(=O)c1ccc(C(=O)O)cc1S2(=O)=O. The molecule has 0 bridgehead atoms. The lowest BCUT2D eigenvalue weighted by molar-refractivity contribution is 0.0696. The molecule has 0 aliphatic carbocycles. The zero-order valence-corrected chi connectivity index (χ0v) is 12.2. The van der Waals surface area contributed by atoms with Gasteiger partial charge in [0.15, 0.2) is 5.78 Å². The van der Waals surface area contributed by atoms with Gasteiger partial charge in [-0.1, -0.05) is 0 Å². The number of carboxylic acid groups (broad SMARTS) is 1. The van der Waals surface area contributed by atoms with Crippen LogP contribution in [-0.4, -0.2) is 32.4 Å². The fourth-order valence-corrected chi connectivity index (χ4v) is 4.03. The first-order chi connectivity index (χ1) is 10.4. The number of hydrogen-bond acceptors (Lipinski definition) is 5. The number of ketones is 1. The summed E-state index contributed by atoms with van der Waals surface area (Å²) in [6.07, 6.45) is 0. The van der Waals surface area contributed by atoms with E-state index in [4.69, 9.17) is 9.84 Å². The van der Waals surface area contributed by atoms with Crippen molar-refractivity contribution in [3.63, 3.8) is 0 Å². The molecule has 22 heavy (non-hydrogen) atoms. The van der Waals surface area contributed by atoms with Gasteiger partial charge in [-0.25, -0.2) is 13.2 Å². The Hall–Kier alpha value is -2.67. The minimum absolute atomic E-state index is 0.0231. The first-order valence-electron chi connectivity index (χ1n) is 6.21. The van der Waals surface area contributed by atoms with Crippen molar-refractivity contribution < 1.29 is 27.9 Å².